The van der Waals surface area contributed by atoms with Crippen LogP contribution in [-0.2, 0) is 0 Å². The van der Waals surface area contributed by atoms with Gasteiger partial charge < -0.3 is 4.74 Å². The molecule has 0 unspecified atom stereocenters. The Hall–Kier alpha value is -3.23. The highest BCUT2D eigenvalue weighted by Gasteiger charge is 2.29. The molecule has 1 aliphatic rings. The highest BCUT2D eigenvalue weighted by atomic mass is 32.2. The average molecular weight is 358 g/mol. The number of anilines is 2. The van der Waals surface area contributed by atoms with Gasteiger partial charge in [0, 0.05) is 15.4 Å². The molecule has 0 radical (unpaired) electrons. The summed E-state index contributed by atoms with van der Waals surface area (Å²) in [5.41, 5.74) is 2.63. The molecule has 0 bridgehead atoms. The van der Waals surface area contributed by atoms with E-state index in [4.69, 9.17) is 4.74 Å². The van der Waals surface area contributed by atoms with Gasteiger partial charge in [0.25, 0.3) is 5.91 Å². The van der Waals surface area contributed by atoms with Crippen molar-refractivity contribution in [3.63, 3.8) is 0 Å². The van der Waals surface area contributed by atoms with E-state index in [2.05, 4.69) is 6.07 Å². The summed E-state index contributed by atoms with van der Waals surface area (Å²) in [4.78, 5) is 17.0. The Kier molecular flexibility index (Phi) is 4.11. The molecule has 4 nitrogen and oxygen atoms in total. The molecule has 1 amide bonds. The van der Waals surface area contributed by atoms with Crippen LogP contribution >= 0.6 is 11.8 Å². The van der Waals surface area contributed by atoms with E-state index >= 15 is 0 Å². The van der Waals surface area contributed by atoms with Crippen LogP contribution in [0.15, 0.2) is 76.5 Å². The van der Waals surface area contributed by atoms with Gasteiger partial charge in [-0.1, -0.05) is 23.9 Å². The summed E-state index contributed by atoms with van der Waals surface area (Å²) in [6, 6.07) is 22.4. The molecule has 3 aromatic carbocycles. The first-order valence-electron chi connectivity index (χ1n) is 8.01. The molecule has 126 valence electrons. The largest absolute Gasteiger partial charge is 0.497 e. The number of hydrogen-bond donors (Lipinski definition) is 0. The molecule has 0 atom stereocenters. The molecular weight excluding hydrogens is 344 g/mol. The first-order chi connectivity index (χ1) is 12.7. The van der Waals surface area contributed by atoms with Gasteiger partial charge in [-0.2, -0.15) is 5.26 Å². The van der Waals surface area contributed by atoms with Crippen molar-refractivity contribution in [2.24, 2.45) is 0 Å². The summed E-state index contributed by atoms with van der Waals surface area (Å²) >= 11 is 1.60. The number of hydrogen-bond acceptors (Lipinski definition) is 4. The normalized spacial score (nSPS) is 11.9. The zero-order valence-corrected chi connectivity index (χ0v) is 14.8. The Morgan fingerprint density at radius 3 is 2.46 bits per heavy atom. The monoisotopic (exact) mass is 358 g/mol. The summed E-state index contributed by atoms with van der Waals surface area (Å²) in [5.74, 6) is 0.556. The maximum Gasteiger partial charge on any atom is 0.262 e. The second-order valence-electron chi connectivity index (χ2n) is 5.73. The van der Waals surface area contributed by atoms with E-state index < -0.39 is 0 Å². The SMILES string of the molecule is COc1ccc(C(=O)N2c3ccccc3Sc3ccc(C#N)cc32)cc1. The average Bonchev–Trinajstić information content (AvgIpc) is 2.71. The van der Waals surface area contributed by atoms with Crippen molar-refractivity contribution in [2.45, 2.75) is 9.79 Å². The van der Waals surface area contributed by atoms with Gasteiger partial charge in [-0.3, -0.25) is 9.69 Å². The first kappa shape index (κ1) is 16.2. The van der Waals surface area contributed by atoms with Crippen LogP contribution in [0.2, 0.25) is 0 Å². The molecule has 3 aromatic rings. The van der Waals surface area contributed by atoms with Crippen LogP contribution in [0.5, 0.6) is 5.75 Å². The second kappa shape index (κ2) is 6.58. The van der Waals surface area contributed by atoms with Crippen molar-refractivity contribution in [2.75, 3.05) is 12.0 Å². The summed E-state index contributed by atoms with van der Waals surface area (Å²) in [6.07, 6.45) is 0. The fraction of sp³-hybridized carbons (Fsp3) is 0.0476. The Bertz CT molecular complexity index is 1040. The van der Waals surface area contributed by atoms with E-state index in [-0.39, 0.29) is 5.91 Å². The van der Waals surface area contributed by atoms with Gasteiger partial charge in [0.05, 0.1) is 30.1 Å². The topological polar surface area (TPSA) is 53.3 Å². The minimum absolute atomic E-state index is 0.142. The minimum atomic E-state index is -0.142. The fourth-order valence-corrected chi connectivity index (χ4v) is 3.94. The van der Waals surface area contributed by atoms with Crippen LogP contribution in [0.3, 0.4) is 0 Å². The third-order valence-corrected chi connectivity index (χ3v) is 5.33. The molecule has 0 aromatic heterocycles. The summed E-state index contributed by atoms with van der Waals surface area (Å²) in [5, 5.41) is 9.26. The Morgan fingerprint density at radius 1 is 1.00 bits per heavy atom. The lowest BCUT2D eigenvalue weighted by Crippen LogP contribution is -2.28. The van der Waals surface area contributed by atoms with Crippen molar-refractivity contribution in [1.29, 1.82) is 5.26 Å². The molecule has 1 aliphatic heterocycles. The molecular formula is C21H14N2O2S. The smallest absolute Gasteiger partial charge is 0.262 e. The number of carbonyl (C=O) groups is 1. The highest BCUT2D eigenvalue weighted by Crippen LogP contribution is 2.48. The molecule has 1 heterocycles. The maximum atomic E-state index is 13.3. The lowest BCUT2D eigenvalue weighted by molar-refractivity contribution is 0.0998. The lowest BCUT2D eigenvalue weighted by Gasteiger charge is -2.31. The van der Waals surface area contributed by atoms with Crippen molar-refractivity contribution in [3.05, 3.63) is 77.9 Å². The predicted octanol–water partition coefficient (Wildman–Crippen LogP) is 5.01. The predicted molar refractivity (Wildman–Crippen MR) is 101 cm³/mol. The van der Waals surface area contributed by atoms with Crippen LogP contribution < -0.4 is 9.64 Å². The second-order valence-corrected chi connectivity index (χ2v) is 6.82. The molecule has 0 saturated carbocycles. The van der Waals surface area contributed by atoms with Gasteiger partial charge in [-0.15, -0.1) is 0 Å². The molecule has 0 saturated heterocycles. The van der Waals surface area contributed by atoms with Crippen LogP contribution in [0, 0.1) is 11.3 Å². The van der Waals surface area contributed by atoms with E-state index in [0.717, 1.165) is 21.2 Å². The van der Waals surface area contributed by atoms with Crippen LogP contribution in [-0.4, -0.2) is 13.0 Å². The number of benzene rings is 3. The van der Waals surface area contributed by atoms with Crippen LogP contribution in [0.4, 0.5) is 11.4 Å². The Labute approximate surface area is 155 Å². The van der Waals surface area contributed by atoms with E-state index in [0.29, 0.717) is 16.9 Å². The van der Waals surface area contributed by atoms with Gasteiger partial charge in [0.15, 0.2) is 0 Å². The number of rotatable bonds is 2. The number of nitrogens with zero attached hydrogens (tertiary/aromatic N) is 2. The van der Waals surface area contributed by atoms with Gasteiger partial charge in [-0.05, 0) is 54.6 Å². The number of amides is 1. The quantitative estimate of drug-likeness (QED) is 0.646. The minimum Gasteiger partial charge on any atom is -0.497 e. The first-order valence-corrected chi connectivity index (χ1v) is 8.82. The van der Waals surface area contributed by atoms with E-state index in [9.17, 15) is 10.1 Å². The fourth-order valence-electron chi connectivity index (χ4n) is 2.91. The van der Waals surface area contributed by atoms with Gasteiger partial charge in [0.1, 0.15) is 5.75 Å². The zero-order valence-electron chi connectivity index (χ0n) is 14.0. The van der Waals surface area contributed by atoms with Crippen LogP contribution in [0.1, 0.15) is 15.9 Å². The Morgan fingerprint density at radius 2 is 1.73 bits per heavy atom. The summed E-state index contributed by atoms with van der Waals surface area (Å²) in [7, 11) is 1.59. The van der Waals surface area contributed by atoms with E-state index in [1.807, 2.05) is 30.3 Å². The molecule has 0 spiro atoms. The van der Waals surface area contributed by atoms with Gasteiger partial charge in [-0.25, -0.2) is 0 Å². The molecule has 0 aliphatic carbocycles. The lowest BCUT2D eigenvalue weighted by atomic mass is 10.1. The number of carbonyl (C=O) groups excluding carboxylic acids is 1. The summed E-state index contributed by atoms with van der Waals surface area (Å²) in [6.45, 7) is 0. The third kappa shape index (κ3) is 2.71. The van der Waals surface area contributed by atoms with Crippen molar-refractivity contribution in [3.8, 4) is 11.8 Å². The van der Waals surface area contributed by atoms with E-state index in [1.165, 1.54) is 0 Å². The van der Waals surface area contributed by atoms with Crippen molar-refractivity contribution < 1.29 is 9.53 Å². The standard InChI is InChI=1S/C21H14N2O2S/c1-25-16-9-7-15(8-10-16)21(24)23-17-4-2-3-5-19(17)26-20-11-6-14(13-22)12-18(20)23/h2-12H,1H3. The number of para-hydroxylation sites is 1. The molecule has 0 fully saturated rings. The van der Waals surface area contributed by atoms with E-state index in [1.54, 1.807) is 60.2 Å². The summed E-state index contributed by atoms with van der Waals surface area (Å²) < 4.78 is 5.17. The number of methoxy groups -OCH3 is 1. The number of ether oxygens (including phenoxy) is 1. The zero-order chi connectivity index (χ0) is 18.1. The van der Waals surface area contributed by atoms with Crippen molar-refractivity contribution >= 4 is 29.0 Å². The highest BCUT2D eigenvalue weighted by molar-refractivity contribution is 7.99. The molecule has 26 heavy (non-hydrogen) atoms. The number of nitriles is 1. The number of fused-ring (bicyclic) bond motifs is 2. The Balaban J connectivity index is 1.86. The molecule has 4 rings (SSSR count). The third-order valence-electron chi connectivity index (χ3n) is 4.20. The molecule has 0 N–H and O–H groups in total. The van der Waals surface area contributed by atoms with Crippen molar-refractivity contribution in [1.82, 2.24) is 0 Å². The van der Waals surface area contributed by atoms with Gasteiger partial charge in [0.2, 0.25) is 0 Å². The van der Waals surface area contributed by atoms with Crippen LogP contribution in [0.25, 0.3) is 0 Å². The molecule has 5 heteroatoms. The van der Waals surface area contributed by atoms with Gasteiger partial charge >= 0.3 is 0 Å². The maximum absolute atomic E-state index is 13.3.